The Kier molecular flexibility index (Phi) is 7.61. The van der Waals surface area contributed by atoms with Crippen molar-refractivity contribution in [1.29, 1.82) is 0 Å². The van der Waals surface area contributed by atoms with Crippen molar-refractivity contribution in [3.05, 3.63) is 76.7 Å². The van der Waals surface area contributed by atoms with Crippen LogP contribution in [0.4, 0.5) is 19.1 Å². The molecule has 6 nitrogen and oxygen atoms in total. The summed E-state index contributed by atoms with van der Waals surface area (Å²) in [5, 5.41) is 3.94. The number of halogens is 3. The summed E-state index contributed by atoms with van der Waals surface area (Å²) in [6.07, 6.45) is 1.60. The zero-order valence-electron chi connectivity index (χ0n) is 22.4. The highest BCUT2D eigenvalue weighted by Crippen LogP contribution is 2.41. The van der Waals surface area contributed by atoms with Gasteiger partial charge in [0.05, 0.1) is 27.0 Å². The maximum absolute atomic E-state index is 16.0. The van der Waals surface area contributed by atoms with E-state index < -0.39 is 37.9 Å². The minimum absolute atomic E-state index is 0.0578. The van der Waals surface area contributed by atoms with Crippen LogP contribution in [-0.2, 0) is 21.0 Å². The van der Waals surface area contributed by atoms with Crippen LogP contribution >= 0.6 is 11.3 Å². The molecule has 206 valence electrons. The number of nitrogens with zero attached hydrogens (tertiary/aromatic N) is 3. The lowest BCUT2D eigenvalue weighted by Gasteiger charge is -2.20. The number of rotatable bonds is 6. The Morgan fingerprint density at radius 2 is 1.54 bits per heavy atom. The first-order chi connectivity index (χ1) is 18.1. The lowest BCUT2D eigenvalue weighted by Crippen LogP contribution is -2.27. The van der Waals surface area contributed by atoms with E-state index >= 15 is 4.39 Å². The average molecular weight is 575 g/mol. The van der Waals surface area contributed by atoms with Crippen LogP contribution in [-0.4, -0.2) is 28.9 Å². The highest BCUT2D eigenvalue weighted by molar-refractivity contribution is 7.90. The molecule has 1 N–H and O–H groups in total. The Hall–Kier alpha value is -3.31. The van der Waals surface area contributed by atoms with Gasteiger partial charge in [0.25, 0.3) is 0 Å². The molecule has 0 aliphatic rings. The summed E-state index contributed by atoms with van der Waals surface area (Å²) in [6.45, 7) is 11.9. The van der Waals surface area contributed by atoms with E-state index in [4.69, 9.17) is 4.98 Å². The molecule has 0 radical (unpaired) electrons. The number of sulfone groups is 1. The van der Waals surface area contributed by atoms with Crippen LogP contribution in [0.1, 0.15) is 52.1 Å². The van der Waals surface area contributed by atoms with Gasteiger partial charge < -0.3 is 5.32 Å². The van der Waals surface area contributed by atoms with Gasteiger partial charge in [0.15, 0.2) is 9.84 Å². The average Bonchev–Trinajstić information content (AvgIpc) is 3.25. The molecule has 0 spiro atoms. The van der Waals surface area contributed by atoms with Gasteiger partial charge in [0.2, 0.25) is 5.95 Å². The molecule has 4 aromatic rings. The first-order valence-electron chi connectivity index (χ1n) is 12.1. The third kappa shape index (κ3) is 6.30. The van der Waals surface area contributed by atoms with Gasteiger partial charge >= 0.3 is 0 Å². The predicted octanol–water partition coefficient (Wildman–Crippen LogP) is 7.17. The van der Waals surface area contributed by atoms with E-state index in [9.17, 15) is 17.2 Å². The number of aromatic nitrogens is 3. The van der Waals surface area contributed by atoms with Crippen molar-refractivity contribution in [2.75, 3.05) is 5.32 Å². The van der Waals surface area contributed by atoms with Gasteiger partial charge in [0, 0.05) is 28.3 Å². The summed E-state index contributed by atoms with van der Waals surface area (Å²) in [5.41, 5.74) is -0.0249. The van der Waals surface area contributed by atoms with E-state index in [0.29, 0.717) is 22.2 Å². The van der Waals surface area contributed by atoms with Gasteiger partial charge in [-0.25, -0.2) is 36.5 Å². The molecule has 2 heterocycles. The van der Waals surface area contributed by atoms with E-state index in [1.54, 1.807) is 12.3 Å². The van der Waals surface area contributed by atoms with Crippen LogP contribution in [0.15, 0.2) is 53.6 Å². The lowest BCUT2D eigenvalue weighted by molar-refractivity contribution is 0.518. The van der Waals surface area contributed by atoms with Crippen LogP contribution in [0.25, 0.3) is 21.8 Å². The van der Waals surface area contributed by atoms with Crippen LogP contribution in [0, 0.1) is 17.5 Å². The highest BCUT2D eigenvalue weighted by Gasteiger charge is 2.29. The standard InChI is InChI=1S/C28H29F3N4O2S2/c1-27(2,3)25-34-22(23(38-25)20-13-14-32-26(33-20)35-28(4,5)6)17-10-7-9-16(21(17)31)15-39(36,37)24-18(29)11-8-12-19(24)30/h7-14H,15H2,1-6H3,(H,32,33,35). The summed E-state index contributed by atoms with van der Waals surface area (Å²) in [7, 11) is -4.54. The number of hydrogen-bond acceptors (Lipinski definition) is 7. The molecule has 39 heavy (non-hydrogen) atoms. The van der Waals surface area contributed by atoms with Crippen molar-refractivity contribution in [3.8, 4) is 21.8 Å². The number of hydrogen-bond donors (Lipinski definition) is 1. The Labute approximate surface area is 230 Å². The fourth-order valence-corrected chi connectivity index (χ4v) is 6.42. The molecular formula is C28H29F3N4O2S2. The minimum atomic E-state index is -4.54. The van der Waals surface area contributed by atoms with E-state index in [-0.39, 0.29) is 22.1 Å². The van der Waals surface area contributed by atoms with Crippen LogP contribution in [0.2, 0.25) is 0 Å². The first-order valence-corrected chi connectivity index (χ1v) is 14.6. The molecule has 0 amide bonds. The zero-order valence-corrected chi connectivity index (χ0v) is 24.1. The second-order valence-electron chi connectivity index (χ2n) is 11.2. The van der Waals surface area contributed by atoms with E-state index in [1.807, 2.05) is 41.5 Å². The molecule has 0 bridgehead atoms. The van der Waals surface area contributed by atoms with E-state index in [2.05, 4.69) is 15.3 Å². The first kappa shape index (κ1) is 28.7. The topological polar surface area (TPSA) is 84.8 Å². The Bertz CT molecular complexity index is 1620. The smallest absolute Gasteiger partial charge is 0.223 e. The third-order valence-electron chi connectivity index (χ3n) is 5.55. The maximum Gasteiger partial charge on any atom is 0.223 e. The van der Waals surface area contributed by atoms with Gasteiger partial charge in [-0.15, -0.1) is 11.3 Å². The SMILES string of the molecule is CC(C)(C)Nc1nccc(-c2sc(C(C)(C)C)nc2-c2cccc(CS(=O)(=O)c3c(F)cccc3F)c2F)n1. The summed E-state index contributed by atoms with van der Waals surface area (Å²) in [5.74, 6) is -3.84. The van der Waals surface area contributed by atoms with Gasteiger partial charge in [0.1, 0.15) is 22.3 Å². The maximum atomic E-state index is 16.0. The van der Waals surface area contributed by atoms with Crippen molar-refractivity contribution in [2.45, 2.75) is 63.1 Å². The number of benzene rings is 2. The molecule has 0 saturated carbocycles. The van der Waals surface area contributed by atoms with Crippen LogP contribution in [0.3, 0.4) is 0 Å². The molecule has 0 fully saturated rings. The van der Waals surface area contributed by atoms with Gasteiger partial charge in [-0.05, 0) is 45.0 Å². The fraction of sp³-hybridized carbons (Fsp3) is 0.321. The molecule has 2 aromatic carbocycles. The lowest BCUT2D eigenvalue weighted by atomic mass is 9.98. The number of nitrogens with one attached hydrogen (secondary N) is 1. The summed E-state index contributed by atoms with van der Waals surface area (Å²) in [4.78, 5) is 13.2. The van der Waals surface area contributed by atoms with Crippen LogP contribution in [0.5, 0.6) is 0 Å². The number of anilines is 1. The molecule has 0 saturated heterocycles. The quantitative estimate of drug-likeness (QED) is 0.263. The molecule has 0 aliphatic heterocycles. The molecule has 0 atom stereocenters. The Morgan fingerprint density at radius 1 is 0.897 bits per heavy atom. The summed E-state index contributed by atoms with van der Waals surface area (Å²) in [6, 6.07) is 8.73. The molecular weight excluding hydrogens is 545 g/mol. The van der Waals surface area contributed by atoms with Crippen molar-refractivity contribution < 1.29 is 21.6 Å². The van der Waals surface area contributed by atoms with E-state index in [0.717, 1.165) is 23.2 Å². The summed E-state index contributed by atoms with van der Waals surface area (Å²) >= 11 is 1.36. The summed E-state index contributed by atoms with van der Waals surface area (Å²) < 4.78 is 70.3. The van der Waals surface area contributed by atoms with Crippen molar-refractivity contribution in [1.82, 2.24) is 15.0 Å². The molecule has 2 aromatic heterocycles. The second-order valence-corrected chi connectivity index (χ2v) is 14.1. The molecule has 4 rings (SSSR count). The molecule has 11 heteroatoms. The highest BCUT2D eigenvalue weighted by atomic mass is 32.2. The largest absolute Gasteiger partial charge is 0.350 e. The third-order valence-corrected chi connectivity index (χ3v) is 8.76. The van der Waals surface area contributed by atoms with E-state index in [1.165, 1.54) is 29.5 Å². The van der Waals surface area contributed by atoms with Crippen molar-refractivity contribution in [3.63, 3.8) is 0 Å². The van der Waals surface area contributed by atoms with Gasteiger partial charge in [-0.2, -0.15) is 0 Å². The Morgan fingerprint density at radius 3 is 2.15 bits per heavy atom. The Balaban J connectivity index is 1.84. The normalized spacial score (nSPS) is 12.5. The van der Waals surface area contributed by atoms with Gasteiger partial charge in [-0.3, -0.25) is 0 Å². The molecule has 0 aliphatic carbocycles. The van der Waals surface area contributed by atoms with Crippen molar-refractivity contribution in [2.24, 2.45) is 0 Å². The zero-order chi connectivity index (χ0) is 28.8. The number of thiazole rings is 1. The molecule has 0 unspecified atom stereocenters. The predicted molar refractivity (Wildman–Crippen MR) is 148 cm³/mol. The second kappa shape index (κ2) is 10.3. The van der Waals surface area contributed by atoms with Gasteiger partial charge in [-0.1, -0.05) is 39.0 Å². The van der Waals surface area contributed by atoms with Crippen molar-refractivity contribution >= 4 is 27.1 Å². The fourth-order valence-electron chi connectivity index (χ4n) is 3.81. The van der Waals surface area contributed by atoms with Crippen LogP contribution < -0.4 is 5.32 Å². The monoisotopic (exact) mass is 574 g/mol. The minimum Gasteiger partial charge on any atom is -0.350 e.